The van der Waals surface area contributed by atoms with Gasteiger partial charge in [0.25, 0.3) is 0 Å². The molecule has 0 aromatic heterocycles. The Labute approximate surface area is 85.6 Å². The lowest BCUT2D eigenvalue weighted by Crippen LogP contribution is -2.15. The van der Waals surface area contributed by atoms with E-state index in [4.69, 9.17) is 0 Å². The standard InChI is InChI=1S/C12H27B/c1-5-8-9-10-11-12(4)13(6-2)7-3/h12H,5-11H2,1-4H3. The lowest BCUT2D eigenvalue weighted by Gasteiger charge is -2.17. The van der Waals surface area contributed by atoms with Crippen molar-refractivity contribution in [2.24, 2.45) is 0 Å². The summed E-state index contributed by atoms with van der Waals surface area (Å²) in [6.45, 7) is 10.4. The minimum atomic E-state index is 0.951. The Morgan fingerprint density at radius 3 is 2.00 bits per heavy atom. The van der Waals surface area contributed by atoms with Gasteiger partial charge in [-0.25, -0.2) is 0 Å². The molecule has 13 heavy (non-hydrogen) atoms. The summed E-state index contributed by atoms with van der Waals surface area (Å²) in [7, 11) is 0. The van der Waals surface area contributed by atoms with Crippen molar-refractivity contribution in [1.29, 1.82) is 0 Å². The van der Waals surface area contributed by atoms with Gasteiger partial charge in [0.05, 0.1) is 0 Å². The third-order valence-electron chi connectivity index (χ3n) is 3.37. The summed E-state index contributed by atoms with van der Waals surface area (Å²) in [5.41, 5.74) is 0. The molecule has 0 bridgehead atoms. The average Bonchev–Trinajstić information content (AvgIpc) is 2.14. The highest BCUT2D eigenvalue weighted by molar-refractivity contribution is 6.60. The second-order valence-electron chi connectivity index (χ2n) is 4.40. The molecule has 1 heteroatoms. The van der Waals surface area contributed by atoms with Gasteiger partial charge in [0.1, 0.15) is 6.71 Å². The first-order valence-corrected chi connectivity index (χ1v) is 6.26. The average molecular weight is 182 g/mol. The first kappa shape index (κ1) is 13.1. The van der Waals surface area contributed by atoms with Crippen molar-refractivity contribution < 1.29 is 0 Å². The van der Waals surface area contributed by atoms with Crippen LogP contribution < -0.4 is 0 Å². The molecule has 78 valence electrons. The zero-order chi connectivity index (χ0) is 10.1. The number of hydrogen-bond donors (Lipinski definition) is 0. The van der Waals surface area contributed by atoms with Crippen molar-refractivity contribution in [3.63, 3.8) is 0 Å². The summed E-state index contributed by atoms with van der Waals surface area (Å²) in [6, 6.07) is 0. The van der Waals surface area contributed by atoms with Crippen LogP contribution in [0.2, 0.25) is 18.5 Å². The number of unbranched alkanes of at least 4 members (excludes halogenated alkanes) is 3. The van der Waals surface area contributed by atoms with Crippen LogP contribution >= 0.6 is 0 Å². The van der Waals surface area contributed by atoms with Crippen LogP contribution in [0.1, 0.15) is 59.8 Å². The molecule has 1 unspecified atom stereocenters. The molecular weight excluding hydrogens is 155 g/mol. The largest absolute Gasteiger partial charge is 0.142 e. The predicted molar refractivity (Wildman–Crippen MR) is 64.9 cm³/mol. The molecule has 0 nitrogen and oxygen atoms in total. The van der Waals surface area contributed by atoms with Crippen LogP contribution in [0.3, 0.4) is 0 Å². The van der Waals surface area contributed by atoms with Crippen molar-refractivity contribution in [1.82, 2.24) is 0 Å². The maximum Gasteiger partial charge on any atom is 0.142 e. The Balaban J connectivity index is 3.42. The molecule has 0 amide bonds. The fraction of sp³-hybridized carbons (Fsp3) is 1.00. The van der Waals surface area contributed by atoms with Gasteiger partial charge >= 0.3 is 0 Å². The van der Waals surface area contributed by atoms with E-state index in [1.165, 1.54) is 44.7 Å². The van der Waals surface area contributed by atoms with Crippen LogP contribution in [0.25, 0.3) is 0 Å². The highest BCUT2D eigenvalue weighted by Gasteiger charge is 2.16. The molecule has 0 aromatic rings. The summed E-state index contributed by atoms with van der Waals surface area (Å²) in [6.07, 6.45) is 9.87. The summed E-state index contributed by atoms with van der Waals surface area (Å²) in [5, 5.41) is 0. The molecule has 0 rings (SSSR count). The van der Waals surface area contributed by atoms with E-state index >= 15 is 0 Å². The predicted octanol–water partition coefficient (Wildman–Crippen LogP) is 4.88. The summed E-state index contributed by atoms with van der Waals surface area (Å²) in [5.74, 6) is 0.951. The van der Waals surface area contributed by atoms with E-state index in [9.17, 15) is 0 Å². The van der Waals surface area contributed by atoms with Crippen LogP contribution in [0.4, 0.5) is 0 Å². The van der Waals surface area contributed by atoms with Crippen molar-refractivity contribution in [3.05, 3.63) is 0 Å². The molecule has 1 atom stereocenters. The Morgan fingerprint density at radius 1 is 0.923 bits per heavy atom. The minimum Gasteiger partial charge on any atom is -0.0768 e. The Bertz CT molecular complexity index is 97.3. The van der Waals surface area contributed by atoms with Gasteiger partial charge in [-0.1, -0.05) is 78.3 Å². The number of hydrogen-bond acceptors (Lipinski definition) is 0. The third kappa shape index (κ3) is 6.18. The van der Waals surface area contributed by atoms with E-state index < -0.39 is 0 Å². The zero-order valence-electron chi connectivity index (χ0n) is 10.1. The Kier molecular flexibility index (Phi) is 8.70. The molecule has 0 aromatic carbocycles. The quantitative estimate of drug-likeness (QED) is 0.370. The van der Waals surface area contributed by atoms with Crippen molar-refractivity contribution in [2.75, 3.05) is 0 Å². The molecule has 0 saturated carbocycles. The van der Waals surface area contributed by atoms with Crippen molar-refractivity contribution >= 4 is 6.71 Å². The maximum atomic E-state index is 2.43. The van der Waals surface area contributed by atoms with E-state index in [1.54, 1.807) is 0 Å². The fourth-order valence-corrected chi connectivity index (χ4v) is 2.22. The van der Waals surface area contributed by atoms with Crippen LogP contribution in [0.15, 0.2) is 0 Å². The topological polar surface area (TPSA) is 0 Å². The van der Waals surface area contributed by atoms with Crippen LogP contribution in [-0.4, -0.2) is 6.71 Å². The van der Waals surface area contributed by atoms with Gasteiger partial charge in [-0.3, -0.25) is 0 Å². The Morgan fingerprint density at radius 2 is 1.54 bits per heavy atom. The van der Waals surface area contributed by atoms with Crippen molar-refractivity contribution in [2.45, 2.75) is 78.3 Å². The molecule has 0 aliphatic rings. The smallest absolute Gasteiger partial charge is 0.0768 e. The van der Waals surface area contributed by atoms with Crippen molar-refractivity contribution in [3.8, 4) is 0 Å². The van der Waals surface area contributed by atoms with Gasteiger partial charge in [0.15, 0.2) is 0 Å². The van der Waals surface area contributed by atoms with E-state index in [1.807, 2.05) is 0 Å². The second-order valence-corrected chi connectivity index (χ2v) is 4.40. The second kappa shape index (κ2) is 8.65. The van der Waals surface area contributed by atoms with Crippen LogP contribution in [0, 0.1) is 0 Å². The highest BCUT2D eigenvalue weighted by atomic mass is 14.0. The number of rotatable bonds is 8. The van der Waals surface area contributed by atoms with Gasteiger partial charge < -0.3 is 0 Å². The molecule has 0 saturated heterocycles. The van der Waals surface area contributed by atoms with E-state index in [-0.39, 0.29) is 0 Å². The summed E-state index contributed by atoms with van der Waals surface area (Å²) >= 11 is 0. The van der Waals surface area contributed by atoms with E-state index in [0.717, 1.165) is 12.5 Å². The van der Waals surface area contributed by atoms with Gasteiger partial charge in [-0.05, 0) is 0 Å². The first-order valence-electron chi connectivity index (χ1n) is 6.26. The van der Waals surface area contributed by atoms with Crippen LogP contribution in [-0.2, 0) is 0 Å². The maximum absolute atomic E-state index is 2.43. The SMILES string of the molecule is CCCCCCC(C)B(CC)CC. The molecule has 0 fully saturated rings. The molecule has 0 radical (unpaired) electrons. The van der Waals surface area contributed by atoms with Gasteiger partial charge in [0.2, 0.25) is 0 Å². The lowest BCUT2D eigenvalue weighted by molar-refractivity contribution is 0.618. The molecular formula is C12H27B. The summed E-state index contributed by atoms with van der Waals surface area (Å²) < 4.78 is 0. The molecule has 0 heterocycles. The fourth-order valence-electron chi connectivity index (χ4n) is 2.22. The molecule has 0 N–H and O–H groups in total. The molecule has 0 spiro atoms. The molecule has 0 aliphatic heterocycles. The van der Waals surface area contributed by atoms with Gasteiger partial charge in [-0.2, -0.15) is 0 Å². The normalized spacial score (nSPS) is 12.9. The zero-order valence-corrected chi connectivity index (χ0v) is 10.1. The lowest BCUT2D eigenvalue weighted by atomic mass is 9.37. The minimum absolute atomic E-state index is 0.951. The highest BCUT2D eigenvalue weighted by Crippen LogP contribution is 2.23. The van der Waals surface area contributed by atoms with E-state index in [2.05, 4.69) is 27.7 Å². The first-order chi connectivity index (χ1) is 6.26. The Hall–Kier alpha value is 0.0649. The monoisotopic (exact) mass is 182 g/mol. The van der Waals surface area contributed by atoms with Gasteiger partial charge in [0, 0.05) is 0 Å². The third-order valence-corrected chi connectivity index (χ3v) is 3.37. The summed E-state index contributed by atoms with van der Waals surface area (Å²) in [4.78, 5) is 0. The van der Waals surface area contributed by atoms with Gasteiger partial charge in [-0.15, -0.1) is 0 Å². The van der Waals surface area contributed by atoms with E-state index in [0.29, 0.717) is 0 Å². The molecule has 0 aliphatic carbocycles. The van der Waals surface area contributed by atoms with Crippen LogP contribution in [0.5, 0.6) is 0 Å².